The molecule has 0 radical (unpaired) electrons. The van der Waals surface area contributed by atoms with Crippen molar-refractivity contribution in [2.24, 2.45) is 0 Å². The first-order chi connectivity index (χ1) is 8.93. The Bertz CT molecular complexity index is 570. The molecule has 8 nitrogen and oxygen atoms in total. The molecule has 4 atom stereocenters. The lowest BCUT2D eigenvalue weighted by atomic mass is 10.0. The van der Waals surface area contributed by atoms with Crippen molar-refractivity contribution >= 4 is 0 Å². The summed E-state index contributed by atoms with van der Waals surface area (Å²) in [6, 6.07) is 0. The molecule has 1 fully saturated rings. The van der Waals surface area contributed by atoms with Gasteiger partial charge in [-0.15, -0.1) is 0 Å². The van der Waals surface area contributed by atoms with Crippen LogP contribution in [0.3, 0.4) is 0 Å². The fraction of sp³-hybridized carbons (Fsp3) is 0.600. The van der Waals surface area contributed by atoms with Crippen LogP contribution in [0.4, 0.5) is 4.39 Å². The zero-order valence-corrected chi connectivity index (χ0v) is 9.69. The van der Waals surface area contributed by atoms with Gasteiger partial charge in [-0.05, 0) is 0 Å². The number of aliphatic hydroxyl groups is 3. The summed E-state index contributed by atoms with van der Waals surface area (Å²) >= 11 is 0. The minimum atomic E-state index is -1.30. The lowest BCUT2D eigenvalue weighted by Crippen LogP contribution is -2.50. The molecule has 0 aromatic carbocycles. The molecule has 0 unspecified atom stereocenters. The second kappa shape index (κ2) is 5.21. The number of ether oxygens (including phenoxy) is 1. The number of rotatable bonds is 2. The summed E-state index contributed by atoms with van der Waals surface area (Å²) in [6.45, 7) is -0.574. The summed E-state index contributed by atoms with van der Waals surface area (Å²) in [5.74, 6) is -1.18. The van der Waals surface area contributed by atoms with Crippen LogP contribution in [0.15, 0.2) is 15.8 Å². The molecule has 0 saturated carbocycles. The summed E-state index contributed by atoms with van der Waals surface area (Å²) in [5, 5.41) is 28.1. The van der Waals surface area contributed by atoms with E-state index in [4.69, 9.17) is 9.84 Å². The number of hydrogen-bond donors (Lipinski definition) is 4. The van der Waals surface area contributed by atoms with E-state index in [2.05, 4.69) is 0 Å². The zero-order valence-electron chi connectivity index (χ0n) is 9.69. The van der Waals surface area contributed by atoms with Crippen molar-refractivity contribution in [3.63, 3.8) is 0 Å². The maximum atomic E-state index is 13.1. The number of aromatic nitrogens is 2. The van der Waals surface area contributed by atoms with Gasteiger partial charge in [0, 0.05) is 6.42 Å². The molecule has 0 aliphatic carbocycles. The second-order valence-corrected chi connectivity index (χ2v) is 4.25. The number of nitrogens with zero attached hydrogens (tertiary/aromatic N) is 1. The van der Waals surface area contributed by atoms with Gasteiger partial charge in [-0.1, -0.05) is 0 Å². The molecule has 0 bridgehead atoms. The van der Waals surface area contributed by atoms with Gasteiger partial charge in [-0.25, -0.2) is 4.79 Å². The predicted molar refractivity (Wildman–Crippen MR) is 58.9 cm³/mol. The highest BCUT2D eigenvalue weighted by molar-refractivity contribution is 4.91. The van der Waals surface area contributed by atoms with Crippen LogP contribution in [0.2, 0.25) is 0 Å². The average Bonchev–Trinajstić information content (AvgIpc) is 2.37. The van der Waals surface area contributed by atoms with Crippen molar-refractivity contribution < 1.29 is 24.4 Å². The van der Waals surface area contributed by atoms with Crippen LogP contribution in [0, 0.1) is 5.82 Å². The van der Waals surface area contributed by atoms with Crippen LogP contribution in [-0.2, 0) is 4.74 Å². The standard InChI is InChI=1S/C10H13FN2O6/c11-4-2-13(10(18)12-9(4)17)7-1-5(15)8(16)6(3-14)19-7/h2,5-8,14-16H,1,3H2,(H,12,17,18)/t5-,6-,7-,8-/m1/s1. The first-order valence-electron chi connectivity index (χ1n) is 5.57. The van der Waals surface area contributed by atoms with Gasteiger partial charge in [0.25, 0.3) is 5.56 Å². The molecule has 19 heavy (non-hydrogen) atoms. The normalized spacial score (nSPS) is 31.4. The van der Waals surface area contributed by atoms with E-state index >= 15 is 0 Å². The predicted octanol–water partition coefficient (Wildman–Crippen LogP) is -2.32. The Morgan fingerprint density at radius 3 is 2.79 bits per heavy atom. The zero-order chi connectivity index (χ0) is 14.2. The van der Waals surface area contributed by atoms with Crippen molar-refractivity contribution in [1.82, 2.24) is 9.55 Å². The molecule has 2 heterocycles. The molecule has 1 saturated heterocycles. The van der Waals surface area contributed by atoms with Gasteiger partial charge in [0.05, 0.1) is 18.9 Å². The minimum Gasteiger partial charge on any atom is -0.394 e. The number of aromatic amines is 1. The molecule has 106 valence electrons. The van der Waals surface area contributed by atoms with Crippen LogP contribution in [-0.4, -0.2) is 49.8 Å². The molecular formula is C10H13FN2O6. The molecule has 1 aromatic rings. The van der Waals surface area contributed by atoms with E-state index in [0.717, 1.165) is 4.57 Å². The number of aliphatic hydroxyl groups excluding tert-OH is 3. The van der Waals surface area contributed by atoms with Crippen molar-refractivity contribution in [2.75, 3.05) is 6.61 Å². The first kappa shape index (κ1) is 13.9. The minimum absolute atomic E-state index is 0.178. The van der Waals surface area contributed by atoms with Crippen LogP contribution in [0.25, 0.3) is 0 Å². The molecule has 0 amide bonds. The summed E-state index contributed by atoms with van der Waals surface area (Å²) in [7, 11) is 0. The Kier molecular flexibility index (Phi) is 3.80. The Balaban J connectivity index is 2.35. The SMILES string of the molecule is O=c1[nH]c(=O)n([C@H]2C[C@@H](O)[C@@H](O)[C@@H](CO)O2)cc1F. The summed E-state index contributed by atoms with van der Waals surface area (Å²) in [5.41, 5.74) is -2.06. The fourth-order valence-corrected chi connectivity index (χ4v) is 1.94. The van der Waals surface area contributed by atoms with Gasteiger partial charge in [0.15, 0.2) is 0 Å². The van der Waals surface area contributed by atoms with E-state index in [-0.39, 0.29) is 6.42 Å². The fourth-order valence-electron chi connectivity index (χ4n) is 1.94. The molecule has 9 heteroatoms. The maximum absolute atomic E-state index is 13.1. The van der Waals surface area contributed by atoms with Crippen molar-refractivity contribution in [1.29, 1.82) is 0 Å². The van der Waals surface area contributed by atoms with Gasteiger partial charge in [0.2, 0.25) is 5.82 Å². The van der Waals surface area contributed by atoms with E-state index in [1.807, 2.05) is 0 Å². The van der Waals surface area contributed by atoms with Crippen molar-refractivity contribution in [3.8, 4) is 0 Å². The Morgan fingerprint density at radius 2 is 2.16 bits per heavy atom. The second-order valence-electron chi connectivity index (χ2n) is 4.25. The topological polar surface area (TPSA) is 125 Å². The summed E-state index contributed by atoms with van der Waals surface area (Å²) < 4.78 is 19.1. The van der Waals surface area contributed by atoms with Crippen molar-refractivity contribution in [3.05, 3.63) is 32.9 Å². The molecule has 1 aliphatic heterocycles. The van der Waals surface area contributed by atoms with Gasteiger partial charge >= 0.3 is 5.69 Å². The average molecular weight is 276 g/mol. The first-order valence-corrected chi connectivity index (χ1v) is 5.57. The highest BCUT2D eigenvalue weighted by Gasteiger charge is 2.37. The van der Waals surface area contributed by atoms with E-state index in [9.17, 15) is 24.2 Å². The summed E-state index contributed by atoms with van der Waals surface area (Å²) in [4.78, 5) is 24.2. The van der Waals surface area contributed by atoms with E-state index < -0.39 is 48.2 Å². The Labute approximate surface area is 105 Å². The van der Waals surface area contributed by atoms with Crippen molar-refractivity contribution in [2.45, 2.75) is 31.0 Å². The van der Waals surface area contributed by atoms with Crippen LogP contribution in [0.1, 0.15) is 12.6 Å². The number of halogens is 1. The quantitative estimate of drug-likeness (QED) is 0.480. The number of H-pyrrole nitrogens is 1. The van der Waals surface area contributed by atoms with Gasteiger partial charge in [-0.2, -0.15) is 4.39 Å². The number of nitrogens with one attached hydrogen (secondary N) is 1. The van der Waals surface area contributed by atoms with Gasteiger partial charge < -0.3 is 20.1 Å². The van der Waals surface area contributed by atoms with Crippen LogP contribution in [0.5, 0.6) is 0 Å². The molecule has 1 aliphatic rings. The Morgan fingerprint density at radius 1 is 1.47 bits per heavy atom. The molecular weight excluding hydrogens is 263 g/mol. The third-order valence-corrected chi connectivity index (χ3v) is 2.96. The Hall–Kier alpha value is -1.55. The molecule has 4 N–H and O–H groups in total. The van der Waals surface area contributed by atoms with Crippen LogP contribution >= 0.6 is 0 Å². The third-order valence-electron chi connectivity index (χ3n) is 2.96. The van der Waals surface area contributed by atoms with Gasteiger partial charge in [-0.3, -0.25) is 14.3 Å². The lowest BCUT2D eigenvalue weighted by Gasteiger charge is -2.36. The molecule has 2 rings (SSSR count). The highest BCUT2D eigenvalue weighted by Crippen LogP contribution is 2.26. The van der Waals surface area contributed by atoms with E-state index in [1.54, 1.807) is 4.98 Å². The van der Waals surface area contributed by atoms with E-state index in [0.29, 0.717) is 6.20 Å². The third kappa shape index (κ3) is 2.59. The molecule has 1 aromatic heterocycles. The smallest absolute Gasteiger partial charge is 0.330 e. The maximum Gasteiger partial charge on any atom is 0.330 e. The van der Waals surface area contributed by atoms with Crippen LogP contribution < -0.4 is 11.2 Å². The monoisotopic (exact) mass is 276 g/mol. The lowest BCUT2D eigenvalue weighted by molar-refractivity contribution is -0.202. The molecule has 0 spiro atoms. The number of hydrogen-bond acceptors (Lipinski definition) is 6. The van der Waals surface area contributed by atoms with E-state index in [1.165, 1.54) is 0 Å². The highest BCUT2D eigenvalue weighted by atomic mass is 19.1. The summed E-state index contributed by atoms with van der Waals surface area (Å²) in [6.07, 6.45) is -4.25. The largest absolute Gasteiger partial charge is 0.394 e. The van der Waals surface area contributed by atoms with Gasteiger partial charge in [0.1, 0.15) is 18.4 Å².